The normalized spacial score (nSPS) is 26.7. The molecule has 1 N–H and O–H groups in total. The predicted molar refractivity (Wildman–Crippen MR) is 64.2 cm³/mol. The Balaban J connectivity index is 2.08. The van der Waals surface area contributed by atoms with E-state index in [1.54, 1.807) is 0 Å². The first kappa shape index (κ1) is 11.6. The molecule has 1 aliphatic heterocycles. The Morgan fingerprint density at radius 2 is 1.88 bits per heavy atom. The van der Waals surface area contributed by atoms with Crippen LogP contribution in [0.3, 0.4) is 0 Å². The van der Waals surface area contributed by atoms with Crippen molar-refractivity contribution in [2.75, 3.05) is 0 Å². The second kappa shape index (κ2) is 4.56. The monoisotopic (exact) mass is 220 g/mol. The zero-order valence-electron chi connectivity index (χ0n) is 10.0. The van der Waals surface area contributed by atoms with E-state index >= 15 is 0 Å². The number of rotatable bonds is 2. The Hall–Kier alpha value is -0.860. The Morgan fingerprint density at radius 1 is 1.19 bits per heavy atom. The Morgan fingerprint density at radius 3 is 2.50 bits per heavy atom. The lowest BCUT2D eigenvalue weighted by Gasteiger charge is -2.37. The van der Waals surface area contributed by atoms with Crippen LogP contribution in [0.4, 0.5) is 0 Å². The van der Waals surface area contributed by atoms with Crippen molar-refractivity contribution in [1.29, 1.82) is 0 Å². The van der Waals surface area contributed by atoms with Gasteiger partial charge in [0, 0.05) is 0 Å². The number of hydrogen-bond acceptors (Lipinski definition) is 2. The minimum atomic E-state index is -0.743. The molecule has 0 saturated carbocycles. The van der Waals surface area contributed by atoms with E-state index < -0.39 is 5.60 Å². The highest BCUT2D eigenvalue weighted by Crippen LogP contribution is 2.34. The van der Waals surface area contributed by atoms with E-state index in [0.29, 0.717) is 0 Å². The van der Waals surface area contributed by atoms with Gasteiger partial charge in [0.25, 0.3) is 0 Å². The Bertz CT molecular complexity index is 326. The van der Waals surface area contributed by atoms with Crippen LogP contribution in [0.15, 0.2) is 30.3 Å². The molecular weight excluding hydrogens is 200 g/mol. The molecule has 1 aromatic carbocycles. The van der Waals surface area contributed by atoms with Gasteiger partial charge in [0.05, 0.1) is 17.8 Å². The van der Waals surface area contributed by atoms with Crippen LogP contribution >= 0.6 is 0 Å². The fraction of sp³-hybridized carbons (Fsp3) is 0.571. The Kier molecular flexibility index (Phi) is 3.31. The molecule has 16 heavy (non-hydrogen) atoms. The van der Waals surface area contributed by atoms with Gasteiger partial charge in [0.2, 0.25) is 0 Å². The average Bonchev–Trinajstić information content (AvgIpc) is 2.29. The van der Waals surface area contributed by atoms with Crippen LogP contribution in [-0.2, 0) is 4.74 Å². The van der Waals surface area contributed by atoms with Gasteiger partial charge in [0.1, 0.15) is 0 Å². The molecule has 0 amide bonds. The molecule has 0 spiro atoms. The maximum absolute atomic E-state index is 9.98. The molecule has 0 aliphatic carbocycles. The van der Waals surface area contributed by atoms with Crippen molar-refractivity contribution in [3.8, 4) is 0 Å². The fourth-order valence-electron chi connectivity index (χ4n) is 2.26. The quantitative estimate of drug-likeness (QED) is 0.830. The van der Waals surface area contributed by atoms with Crippen molar-refractivity contribution in [3.63, 3.8) is 0 Å². The van der Waals surface area contributed by atoms with Crippen LogP contribution in [0, 0.1) is 0 Å². The highest BCUT2D eigenvalue weighted by Gasteiger charge is 2.33. The van der Waals surface area contributed by atoms with Crippen LogP contribution in [-0.4, -0.2) is 16.8 Å². The van der Waals surface area contributed by atoms with Crippen LogP contribution in [0.5, 0.6) is 0 Å². The molecule has 2 rings (SSSR count). The van der Waals surface area contributed by atoms with Gasteiger partial charge in [-0.3, -0.25) is 0 Å². The third-order valence-electron chi connectivity index (χ3n) is 3.22. The predicted octanol–water partition coefficient (Wildman–Crippen LogP) is 3.07. The van der Waals surface area contributed by atoms with Crippen molar-refractivity contribution >= 4 is 0 Å². The summed E-state index contributed by atoms with van der Waals surface area (Å²) in [6.07, 6.45) is 3.22. The van der Waals surface area contributed by atoms with Gasteiger partial charge in [-0.15, -0.1) is 0 Å². The van der Waals surface area contributed by atoms with E-state index in [-0.39, 0.29) is 12.2 Å². The van der Waals surface area contributed by atoms with Crippen molar-refractivity contribution in [3.05, 3.63) is 35.9 Å². The first-order valence-corrected chi connectivity index (χ1v) is 6.00. The summed E-state index contributed by atoms with van der Waals surface area (Å²) in [5, 5.41) is 9.98. The zero-order valence-corrected chi connectivity index (χ0v) is 10.0. The molecule has 2 atom stereocenters. The summed E-state index contributed by atoms with van der Waals surface area (Å²) in [5.41, 5.74) is 0.476. The Labute approximate surface area is 97.3 Å². The van der Waals surface area contributed by atoms with Crippen molar-refractivity contribution < 1.29 is 9.84 Å². The molecule has 1 heterocycles. The topological polar surface area (TPSA) is 29.5 Å². The van der Waals surface area contributed by atoms with Crippen molar-refractivity contribution in [1.82, 2.24) is 0 Å². The molecule has 2 heteroatoms. The zero-order chi connectivity index (χ0) is 11.6. The summed E-state index contributed by atoms with van der Waals surface area (Å²) in [5.74, 6) is 0. The standard InChI is InChI=1S/C14H20O2/c1-14(2,15)13-10-6-9-12(16-13)11-7-4-3-5-8-11/h3-5,7-8,12-13,15H,6,9-10H2,1-2H3/t12-,13?/m1/s1. The number of ether oxygens (including phenoxy) is 1. The minimum absolute atomic E-state index is 0.0496. The lowest BCUT2D eigenvalue weighted by atomic mass is 9.91. The first-order valence-electron chi connectivity index (χ1n) is 6.00. The molecule has 2 nitrogen and oxygen atoms in total. The van der Waals surface area contributed by atoms with E-state index in [4.69, 9.17) is 4.74 Å². The summed E-state index contributed by atoms with van der Waals surface area (Å²) in [4.78, 5) is 0. The maximum Gasteiger partial charge on any atom is 0.0864 e. The molecule has 0 aromatic heterocycles. The smallest absolute Gasteiger partial charge is 0.0864 e. The van der Waals surface area contributed by atoms with E-state index in [0.717, 1.165) is 19.3 Å². The lowest BCUT2D eigenvalue weighted by Crippen LogP contribution is -2.41. The highest BCUT2D eigenvalue weighted by molar-refractivity contribution is 5.18. The molecule has 1 aliphatic rings. The van der Waals surface area contributed by atoms with E-state index in [1.807, 2.05) is 32.0 Å². The third kappa shape index (κ3) is 2.63. The first-order chi connectivity index (χ1) is 7.57. The van der Waals surface area contributed by atoms with Gasteiger partial charge in [-0.25, -0.2) is 0 Å². The molecule has 1 aromatic rings. The van der Waals surface area contributed by atoms with Gasteiger partial charge >= 0.3 is 0 Å². The summed E-state index contributed by atoms with van der Waals surface area (Å²) in [6.45, 7) is 3.65. The number of benzene rings is 1. The number of hydrogen-bond donors (Lipinski definition) is 1. The third-order valence-corrected chi connectivity index (χ3v) is 3.22. The minimum Gasteiger partial charge on any atom is -0.388 e. The van der Waals surface area contributed by atoms with Gasteiger partial charge in [-0.05, 0) is 38.7 Å². The lowest BCUT2D eigenvalue weighted by molar-refractivity contribution is -0.143. The van der Waals surface area contributed by atoms with E-state index in [2.05, 4.69) is 12.1 Å². The van der Waals surface area contributed by atoms with Crippen LogP contribution in [0.25, 0.3) is 0 Å². The van der Waals surface area contributed by atoms with Crippen molar-refractivity contribution in [2.24, 2.45) is 0 Å². The van der Waals surface area contributed by atoms with E-state index in [1.165, 1.54) is 5.56 Å². The fourth-order valence-corrected chi connectivity index (χ4v) is 2.26. The molecule has 1 fully saturated rings. The molecule has 1 unspecified atom stereocenters. The maximum atomic E-state index is 9.98. The van der Waals surface area contributed by atoms with Gasteiger partial charge in [-0.1, -0.05) is 30.3 Å². The second-order valence-corrected chi connectivity index (χ2v) is 5.11. The highest BCUT2D eigenvalue weighted by atomic mass is 16.5. The van der Waals surface area contributed by atoms with Crippen LogP contribution in [0.2, 0.25) is 0 Å². The summed E-state index contributed by atoms with van der Waals surface area (Å²) in [7, 11) is 0. The SMILES string of the molecule is CC(C)(O)C1CCC[C@H](c2ccccc2)O1. The molecule has 1 saturated heterocycles. The van der Waals surface area contributed by atoms with Crippen LogP contribution < -0.4 is 0 Å². The average molecular weight is 220 g/mol. The number of aliphatic hydroxyl groups is 1. The second-order valence-electron chi connectivity index (χ2n) is 5.11. The van der Waals surface area contributed by atoms with Crippen LogP contribution in [0.1, 0.15) is 44.8 Å². The summed E-state index contributed by atoms with van der Waals surface area (Å²) in [6, 6.07) is 10.3. The van der Waals surface area contributed by atoms with Gasteiger partial charge < -0.3 is 9.84 Å². The van der Waals surface area contributed by atoms with Crippen molar-refractivity contribution in [2.45, 2.75) is 50.9 Å². The molecule has 88 valence electrons. The molecular formula is C14H20O2. The molecule has 0 radical (unpaired) electrons. The summed E-state index contributed by atoms with van der Waals surface area (Å²) < 4.78 is 5.99. The van der Waals surface area contributed by atoms with Gasteiger partial charge in [-0.2, -0.15) is 0 Å². The molecule has 0 bridgehead atoms. The van der Waals surface area contributed by atoms with Gasteiger partial charge in [0.15, 0.2) is 0 Å². The largest absolute Gasteiger partial charge is 0.388 e. The van der Waals surface area contributed by atoms with E-state index in [9.17, 15) is 5.11 Å². The summed E-state index contributed by atoms with van der Waals surface area (Å²) >= 11 is 0.